The van der Waals surface area contributed by atoms with Gasteiger partial charge in [0.1, 0.15) is 24.1 Å². The second-order valence-electron chi connectivity index (χ2n) is 7.32. The van der Waals surface area contributed by atoms with Crippen molar-refractivity contribution in [3.8, 4) is 0 Å². The molecule has 6 unspecified atom stereocenters. The molecular weight excluding hydrogens is 366 g/mol. The topological polar surface area (TPSA) is 99.2 Å². The molecule has 1 aromatic rings. The molecule has 28 heavy (non-hydrogen) atoms. The Morgan fingerprint density at radius 1 is 1.00 bits per heavy atom. The number of fused-ring (bicyclic) bond motifs is 5. The van der Waals surface area contributed by atoms with E-state index in [-0.39, 0.29) is 30.4 Å². The lowest BCUT2D eigenvalue weighted by molar-refractivity contribution is -0.161. The first kappa shape index (κ1) is 18.8. The van der Waals surface area contributed by atoms with Gasteiger partial charge in [0.25, 0.3) is 0 Å². The Balaban J connectivity index is 1.56. The molecule has 0 saturated carbocycles. The van der Waals surface area contributed by atoms with Crippen LogP contribution in [0.4, 0.5) is 5.69 Å². The number of hydrogen-bond acceptors (Lipinski definition) is 7. The molecule has 3 saturated heterocycles. The molecule has 3 heterocycles. The lowest BCUT2D eigenvalue weighted by Crippen LogP contribution is -2.50. The monoisotopic (exact) mass is 387 g/mol. The third kappa shape index (κ3) is 2.84. The van der Waals surface area contributed by atoms with Gasteiger partial charge in [0.15, 0.2) is 6.10 Å². The number of para-hydroxylation sites is 1. The van der Waals surface area contributed by atoms with Crippen LogP contribution in [-0.2, 0) is 33.4 Å². The lowest BCUT2D eigenvalue weighted by Gasteiger charge is -2.31. The summed E-state index contributed by atoms with van der Waals surface area (Å²) in [5, 5.41) is 0. The van der Waals surface area contributed by atoms with Crippen molar-refractivity contribution in [2.45, 2.75) is 44.2 Å². The third-order valence-corrected chi connectivity index (χ3v) is 5.63. The predicted molar refractivity (Wildman–Crippen MR) is 95.2 cm³/mol. The molecule has 0 aliphatic carbocycles. The van der Waals surface area contributed by atoms with Gasteiger partial charge in [-0.2, -0.15) is 0 Å². The van der Waals surface area contributed by atoms with Crippen molar-refractivity contribution >= 4 is 29.3 Å². The fraction of sp³-hybridized carbons (Fsp3) is 0.500. The molecule has 8 heteroatoms. The first-order chi connectivity index (χ1) is 13.4. The number of methoxy groups -OCH3 is 1. The van der Waals surface area contributed by atoms with E-state index in [0.29, 0.717) is 5.69 Å². The van der Waals surface area contributed by atoms with Crippen LogP contribution in [0.5, 0.6) is 0 Å². The van der Waals surface area contributed by atoms with Crippen molar-refractivity contribution in [2.75, 3.05) is 12.0 Å². The predicted octanol–water partition coefficient (Wildman–Crippen LogP) is 0.869. The Hall–Kier alpha value is -2.58. The average Bonchev–Trinajstić information content (AvgIpc) is 3.30. The largest absolute Gasteiger partial charge is 0.457 e. The van der Waals surface area contributed by atoms with E-state index >= 15 is 0 Å². The maximum Gasteiger partial charge on any atom is 0.306 e. The molecule has 0 radical (unpaired) electrons. The minimum atomic E-state index is -0.789. The average molecular weight is 387 g/mol. The van der Waals surface area contributed by atoms with Crippen molar-refractivity contribution in [1.29, 1.82) is 0 Å². The summed E-state index contributed by atoms with van der Waals surface area (Å²) >= 11 is 0. The molecule has 3 aliphatic rings. The van der Waals surface area contributed by atoms with Crippen molar-refractivity contribution in [3.05, 3.63) is 30.3 Å². The van der Waals surface area contributed by atoms with Gasteiger partial charge in [-0.1, -0.05) is 18.2 Å². The Kier molecular flexibility index (Phi) is 4.76. The molecule has 4 rings (SSSR count). The van der Waals surface area contributed by atoms with Crippen LogP contribution < -0.4 is 4.90 Å². The third-order valence-electron chi connectivity index (χ3n) is 5.63. The number of anilines is 1. The zero-order valence-corrected chi connectivity index (χ0v) is 15.6. The lowest BCUT2D eigenvalue weighted by atomic mass is 9.78. The number of nitrogens with zero attached hydrogens (tertiary/aromatic N) is 1. The van der Waals surface area contributed by atoms with Crippen LogP contribution >= 0.6 is 0 Å². The number of Topliss-reactive ketones (excluding diaryl/α,β-unsaturated/α-hetero) is 1. The Bertz CT molecular complexity index is 823. The van der Waals surface area contributed by atoms with E-state index in [1.54, 1.807) is 30.3 Å². The van der Waals surface area contributed by atoms with Crippen molar-refractivity contribution < 1.29 is 33.4 Å². The van der Waals surface area contributed by atoms with Crippen molar-refractivity contribution in [1.82, 2.24) is 0 Å². The van der Waals surface area contributed by atoms with E-state index in [4.69, 9.17) is 14.2 Å². The maximum atomic E-state index is 13.0. The van der Waals surface area contributed by atoms with E-state index in [9.17, 15) is 19.2 Å². The van der Waals surface area contributed by atoms with Crippen LogP contribution in [0.15, 0.2) is 30.3 Å². The normalized spacial score (nSPS) is 33.3. The first-order valence-electron chi connectivity index (χ1n) is 9.24. The molecule has 2 amide bonds. The smallest absolute Gasteiger partial charge is 0.306 e. The summed E-state index contributed by atoms with van der Waals surface area (Å²) in [5.74, 6) is -2.71. The number of rotatable bonds is 6. The van der Waals surface area contributed by atoms with Gasteiger partial charge in [0.2, 0.25) is 11.8 Å². The number of hydrogen-bond donors (Lipinski definition) is 0. The standard InChI is InChI=1S/C20H21NO7/c1-10(22)8-9-12(23)27-18-16-14-13(15(28-16)17(18)26-2)19(24)21(20(14)25)11-6-4-3-5-7-11/h3-7,13-18H,8-9H2,1-2H3. The summed E-state index contributed by atoms with van der Waals surface area (Å²) in [4.78, 5) is 50.4. The Morgan fingerprint density at radius 3 is 2.18 bits per heavy atom. The molecule has 148 valence electrons. The van der Waals surface area contributed by atoms with Gasteiger partial charge in [-0.3, -0.25) is 14.4 Å². The number of esters is 1. The summed E-state index contributed by atoms with van der Waals surface area (Å²) in [7, 11) is 1.45. The summed E-state index contributed by atoms with van der Waals surface area (Å²) in [6.07, 6.45) is -2.79. The zero-order valence-electron chi connectivity index (χ0n) is 15.6. The molecule has 6 atom stereocenters. The van der Waals surface area contributed by atoms with Gasteiger partial charge in [-0.25, -0.2) is 4.90 Å². The van der Waals surface area contributed by atoms with Gasteiger partial charge in [0.05, 0.1) is 23.9 Å². The molecule has 0 N–H and O–H groups in total. The molecule has 1 aromatic carbocycles. The molecule has 0 spiro atoms. The fourth-order valence-electron chi connectivity index (χ4n) is 4.41. The summed E-state index contributed by atoms with van der Waals surface area (Å²) in [6, 6.07) is 8.72. The fourth-order valence-corrected chi connectivity index (χ4v) is 4.41. The number of amides is 2. The summed E-state index contributed by atoms with van der Waals surface area (Å²) in [6.45, 7) is 1.40. The number of carbonyl (C=O) groups is 4. The second kappa shape index (κ2) is 7.10. The highest BCUT2D eigenvalue weighted by Gasteiger charge is 2.70. The quantitative estimate of drug-likeness (QED) is 0.527. The first-order valence-corrected chi connectivity index (χ1v) is 9.24. The molecule has 3 aliphatic heterocycles. The van der Waals surface area contributed by atoms with Crippen LogP contribution in [-0.4, -0.2) is 55.1 Å². The summed E-state index contributed by atoms with van der Waals surface area (Å²) in [5.41, 5.74) is 0.510. The molecule has 2 bridgehead atoms. The van der Waals surface area contributed by atoms with Crippen molar-refractivity contribution in [3.63, 3.8) is 0 Å². The second-order valence-corrected chi connectivity index (χ2v) is 7.32. The number of carbonyl (C=O) groups excluding carboxylic acids is 4. The van der Waals surface area contributed by atoms with Crippen LogP contribution in [0.2, 0.25) is 0 Å². The Labute approximate surface area is 161 Å². The minimum Gasteiger partial charge on any atom is -0.457 e. The number of imide groups is 1. The molecule has 0 aromatic heterocycles. The molecule has 3 fully saturated rings. The van der Waals surface area contributed by atoms with Gasteiger partial charge in [-0.15, -0.1) is 0 Å². The van der Waals surface area contributed by atoms with E-state index in [1.807, 2.05) is 0 Å². The van der Waals surface area contributed by atoms with Crippen molar-refractivity contribution in [2.24, 2.45) is 11.8 Å². The van der Waals surface area contributed by atoms with Gasteiger partial charge < -0.3 is 19.0 Å². The Morgan fingerprint density at radius 2 is 1.61 bits per heavy atom. The minimum absolute atomic E-state index is 0.0449. The van der Waals surface area contributed by atoms with Gasteiger partial charge in [0, 0.05) is 13.5 Å². The van der Waals surface area contributed by atoms with E-state index in [0.717, 1.165) is 0 Å². The van der Waals surface area contributed by atoms with Crippen LogP contribution in [0, 0.1) is 11.8 Å². The van der Waals surface area contributed by atoms with Crippen LogP contribution in [0.1, 0.15) is 19.8 Å². The highest BCUT2D eigenvalue weighted by atomic mass is 16.6. The van der Waals surface area contributed by atoms with E-state index < -0.39 is 42.2 Å². The van der Waals surface area contributed by atoms with Gasteiger partial charge in [-0.05, 0) is 19.1 Å². The highest BCUT2D eigenvalue weighted by molar-refractivity contribution is 6.22. The highest BCUT2D eigenvalue weighted by Crippen LogP contribution is 2.51. The summed E-state index contributed by atoms with van der Waals surface area (Å²) < 4.78 is 16.8. The molecule has 8 nitrogen and oxygen atoms in total. The van der Waals surface area contributed by atoms with E-state index in [2.05, 4.69) is 0 Å². The van der Waals surface area contributed by atoms with Crippen LogP contribution in [0.3, 0.4) is 0 Å². The van der Waals surface area contributed by atoms with Crippen LogP contribution in [0.25, 0.3) is 0 Å². The number of ether oxygens (including phenoxy) is 3. The maximum absolute atomic E-state index is 13.0. The molecular formula is C20H21NO7. The number of benzene rings is 1. The zero-order chi connectivity index (χ0) is 20.0. The SMILES string of the molecule is COC1C(OC(=O)CCC(C)=O)C2OC1C1C(=O)N(c3ccccc3)C(=O)C21. The van der Waals surface area contributed by atoms with E-state index in [1.165, 1.54) is 18.9 Å². The number of ketones is 1. The van der Waals surface area contributed by atoms with Gasteiger partial charge >= 0.3 is 5.97 Å².